The average molecular weight is 307 g/mol. The topological polar surface area (TPSA) is 27.5 Å². The fourth-order valence-electron chi connectivity index (χ4n) is 2.55. The number of hydrogen-bond donors (Lipinski definition) is 1. The predicted octanol–water partition coefficient (Wildman–Crippen LogP) is 3.02. The van der Waals surface area contributed by atoms with Gasteiger partial charge in [-0.25, -0.2) is 0 Å². The Bertz CT molecular complexity index is 705. The zero-order valence-electron chi connectivity index (χ0n) is 14.0. The summed E-state index contributed by atoms with van der Waals surface area (Å²) in [6.07, 6.45) is 0. The van der Waals surface area contributed by atoms with Gasteiger partial charge in [0.1, 0.15) is 6.54 Å². The molecule has 0 spiro atoms. The van der Waals surface area contributed by atoms with E-state index in [9.17, 15) is 5.11 Å². The Morgan fingerprint density at radius 1 is 0.739 bits per heavy atom. The molecule has 3 aromatic carbocycles. The van der Waals surface area contributed by atoms with Gasteiger partial charge in [-0.1, -0.05) is 72.8 Å². The zero-order valence-corrected chi connectivity index (χ0v) is 14.0. The van der Waals surface area contributed by atoms with Gasteiger partial charge in [0.05, 0.1) is 13.1 Å². The molecule has 0 aliphatic heterocycles. The summed E-state index contributed by atoms with van der Waals surface area (Å²) in [7, 11) is 0. The summed E-state index contributed by atoms with van der Waals surface area (Å²) < 4.78 is 0. The lowest BCUT2D eigenvalue weighted by Crippen LogP contribution is -3.10. The van der Waals surface area contributed by atoms with Crippen LogP contribution in [-0.2, 0) is 6.54 Å². The lowest BCUT2D eigenvalue weighted by atomic mass is 10.1. The number of nitrogens with one attached hydrogen (secondary N) is 1. The second-order valence-electron chi connectivity index (χ2n) is 5.63. The average Bonchev–Trinajstić information content (AvgIpc) is 2.61. The van der Waals surface area contributed by atoms with Crippen LogP contribution in [-0.4, -0.2) is 13.1 Å². The van der Waals surface area contributed by atoms with Gasteiger partial charge in [-0.05, 0) is 24.6 Å². The highest BCUT2D eigenvalue weighted by atomic mass is 16.3. The molecule has 3 aromatic rings. The Morgan fingerprint density at radius 2 is 1.35 bits per heavy atom. The van der Waals surface area contributed by atoms with Gasteiger partial charge in [0.15, 0.2) is 0 Å². The Balaban J connectivity index is 0.000000167. The van der Waals surface area contributed by atoms with Gasteiger partial charge in [-0.15, -0.1) is 5.75 Å². The molecule has 0 saturated carbocycles. The van der Waals surface area contributed by atoms with Crippen LogP contribution in [0.1, 0.15) is 19.4 Å². The molecule has 120 valence electrons. The molecule has 3 rings (SSSR count). The largest absolute Gasteiger partial charge is 0.872 e. The van der Waals surface area contributed by atoms with Gasteiger partial charge in [0.25, 0.3) is 0 Å². The molecule has 0 bridgehead atoms. The number of benzene rings is 3. The second kappa shape index (κ2) is 8.96. The maximum atomic E-state index is 10.9. The van der Waals surface area contributed by atoms with Crippen LogP contribution in [0, 0.1) is 0 Å². The van der Waals surface area contributed by atoms with E-state index in [1.165, 1.54) is 18.7 Å². The van der Waals surface area contributed by atoms with Crippen molar-refractivity contribution >= 4 is 10.8 Å². The number of fused-ring (bicyclic) bond motifs is 1. The van der Waals surface area contributed by atoms with Crippen molar-refractivity contribution in [1.82, 2.24) is 0 Å². The first-order chi connectivity index (χ1) is 11.2. The number of hydrogen-bond acceptors (Lipinski definition) is 1. The Labute approximate surface area is 139 Å². The summed E-state index contributed by atoms with van der Waals surface area (Å²) >= 11 is 0. The molecule has 2 heteroatoms. The summed E-state index contributed by atoms with van der Waals surface area (Å²) in [5.41, 5.74) is 1.44. The van der Waals surface area contributed by atoms with E-state index >= 15 is 0 Å². The zero-order chi connectivity index (χ0) is 16.5. The molecule has 0 unspecified atom stereocenters. The summed E-state index contributed by atoms with van der Waals surface area (Å²) in [5, 5.41) is 13.0. The molecule has 2 nitrogen and oxygen atoms in total. The first kappa shape index (κ1) is 17.0. The lowest BCUT2D eigenvalue weighted by molar-refractivity contribution is -0.910. The van der Waals surface area contributed by atoms with Gasteiger partial charge in [0.2, 0.25) is 0 Å². The summed E-state index contributed by atoms with van der Waals surface area (Å²) in [6, 6.07) is 23.6. The molecule has 0 heterocycles. The molecular formula is C21H25NO. The SMILES string of the molecule is CC[NH+](CC)Cc1ccccc1.[O-]c1ccc2ccccc2c1. The van der Waals surface area contributed by atoms with Crippen molar-refractivity contribution in [3.8, 4) is 5.75 Å². The van der Waals surface area contributed by atoms with E-state index in [2.05, 4.69) is 44.2 Å². The van der Waals surface area contributed by atoms with Crippen LogP contribution in [0.3, 0.4) is 0 Å². The minimum atomic E-state index is 0.0729. The van der Waals surface area contributed by atoms with Gasteiger partial charge in [-0.2, -0.15) is 0 Å². The molecule has 0 saturated heterocycles. The summed E-state index contributed by atoms with van der Waals surface area (Å²) in [4.78, 5) is 1.64. The van der Waals surface area contributed by atoms with E-state index in [1.54, 1.807) is 17.0 Å². The van der Waals surface area contributed by atoms with E-state index in [0.717, 1.165) is 17.3 Å². The highest BCUT2D eigenvalue weighted by Gasteiger charge is 2.02. The van der Waals surface area contributed by atoms with Gasteiger partial charge < -0.3 is 10.0 Å². The van der Waals surface area contributed by atoms with E-state index in [0.29, 0.717) is 0 Å². The van der Waals surface area contributed by atoms with Crippen LogP contribution in [0.15, 0.2) is 72.8 Å². The molecule has 0 amide bonds. The van der Waals surface area contributed by atoms with Gasteiger partial charge in [-0.3, -0.25) is 0 Å². The van der Waals surface area contributed by atoms with Crippen LogP contribution in [0.2, 0.25) is 0 Å². The smallest absolute Gasteiger partial charge is 0.103 e. The molecule has 0 aromatic heterocycles. The first-order valence-electron chi connectivity index (χ1n) is 8.26. The molecule has 0 radical (unpaired) electrons. The highest BCUT2D eigenvalue weighted by Crippen LogP contribution is 2.16. The normalized spacial score (nSPS) is 10.4. The Morgan fingerprint density at radius 3 is 2.00 bits per heavy atom. The van der Waals surface area contributed by atoms with E-state index in [1.807, 2.05) is 30.3 Å². The third-order valence-corrected chi connectivity index (χ3v) is 4.02. The number of rotatable bonds is 4. The van der Waals surface area contributed by atoms with Gasteiger partial charge in [0, 0.05) is 5.56 Å². The van der Waals surface area contributed by atoms with Crippen LogP contribution >= 0.6 is 0 Å². The Hall–Kier alpha value is -2.32. The van der Waals surface area contributed by atoms with E-state index in [-0.39, 0.29) is 5.75 Å². The third-order valence-electron chi connectivity index (χ3n) is 4.02. The fourth-order valence-corrected chi connectivity index (χ4v) is 2.55. The molecule has 0 atom stereocenters. The van der Waals surface area contributed by atoms with Crippen molar-refractivity contribution < 1.29 is 10.0 Å². The van der Waals surface area contributed by atoms with E-state index in [4.69, 9.17) is 0 Å². The second-order valence-corrected chi connectivity index (χ2v) is 5.63. The maximum Gasteiger partial charge on any atom is 0.103 e. The first-order valence-corrected chi connectivity index (χ1v) is 8.26. The fraction of sp³-hybridized carbons (Fsp3) is 0.238. The summed E-state index contributed by atoms with van der Waals surface area (Å²) in [6.45, 7) is 8.06. The van der Waals surface area contributed by atoms with Crippen LogP contribution in [0.4, 0.5) is 0 Å². The van der Waals surface area contributed by atoms with Crippen LogP contribution < -0.4 is 10.0 Å². The minimum absolute atomic E-state index is 0.0729. The van der Waals surface area contributed by atoms with Crippen molar-refractivity contribution in [2.45, 2.75) is 20.4 Å². The van der Waals surface area contributed by atoms with Crippen molar-refractivity contribution in [1.29, 1.82) is 0 Å². The standard InChI is InChI=1S/C11H17N.C10H8O/c1-3-12(4-2)10-11-8-6-5-7-9-11;11-10-6-5-8-3-1-2-4-9(8)7-10/h5-9H,3-4,10H2,1-2H3;1-7,11H. The monoisotopic (exact) mass is 307 g/mol. The molecule has 1 N–H and O–H groups in total. The van der Waals surface area contributed by atoms with Crippen LogP contribution in [0.5, 0.6) is 5.75 Å². The molecular weight excluding hydrogens is 282 g/mol. The molecule has 0 aliphatic carbocycles. The minimum Gasteiger partial charge on any atom is -0.872 e. The lowest BCUT2D eigenvalue weighted by Gasteiger charge is -2.14. The molecule has 0 fully saturated rings. The predicted molar refractivity (Wildman–Crippen MR) is 95.6 cm³/mol. The third kappa shape index (κ3) is 5.42. The van der Waals surface area contributed by atoms with Crippen LogP contribution in [0.25, 0.3) is 10.8 Å². The van der Waals surface area contributed by atoms with Crippen molar-refractivity contribution in [2.75, 3.05) is 13.1 Å². The maximum absolute atomic E-state index is 10.9. The Kier molecular flexibility index (Phi) is 6.64. The molecule has 0 aliphatic rings. The molecule has 23 heavy (non-hydrogen) atoms. The quantitative estimate of drug-likeness (QED) is 0.788. The van der Waals surface area contributed by atoms with Crippen molar-refractivity contribution in [2.24, 2.45) is 0 Å². The van der Waals surface area contributed by atoms with E-state index < -0.39 is 0 Å². The highest BCUT2D eigenvalue weighted by molar-refractivity contribution is 5.83. The van der Waals surface area contributed by atoms with Gasteiger partial charge >= 0.3 is 0 Å². The number of quaternary nitrogens is 1. The van der Waals surface area contributed by atoms with Crippen molar-refractivity contribution in [3.05, 3.63) is 78.4 Å². The summed E-state index contributed by atoms with van der Waals surface area (Å²) in [5.74, 6) is 0.0729. The van der Waals surface area contributed by atoms with Crippen molar-refractivity contribution in [3.63, 3.8) is 0 Å².